The molecule has 1 amide bonds. The molecule has 3 aromatic carbocycles. The molecular formula is C21H17FN2O3S. The van der Waals surface area contributed by atoms with Gasteiger partial charge in [0.15, 0.2) is 9.84 Å². The van der Waals surface area contributed by atoms with Crippen molar-refractivity contribution < 1.29 is 17.6 Å². The van der Waals surface area contributed by atoms with Crippen molar-refractivity contribution in [1.29, 1.82) is 0 Å². The molecule has 4 rings (SSSR count). The van der Waals surface area contributed by atoms with Gasteiger partial charge < -0.3 is 5.32 Å². The minimum atomic E-state index is -3.35. The topological polar surface area (TPSA) is 66.5 Å². The van der Waals surface area contributed by atoms with Crippen molar-refractivity contribution in [3.05, 3.63) is 89.7 Å². The highest BCUT2D eigenvalue weighted by molar-refractivity contribution is 7.90. The van der Waals surface area contributed by atoms with Crippen molar-refractivity contribution in [3.8, 4) is 0 Å². The molecule has 142 valence electrons. The number of carbonyl (C=O) groups is 1. The van der Waals surface area contributed by atoms with Gasteiger partial charge >= 0.3 is 0 Å². The SMILES string of the molecule is CS(=O)(=O)c1ccc(N2C(=O)c3ccccc3NC2c2cccc(F)c2)cc1. The molecule has 7 heteroatoms. The van der Waals surface area contributed by atoms with Gasteiger partial charge in [0.25, 0.3) is 5.91 Å². The Hall–Kier alpha value is -3.19. The monoisotopic (exact) mass is 396 g/mol. The summed E-state index contributed by atoms with van der Waals surface area (Å²) in [5, 5.41) is 3.28. The summed E-state index contributed by atoms with van der Waals surface area (Å²) in [6.07, 6.45) is 0.490. The fourth-order valence-electron chi connectivity index (χ4n) is 3.28. The Kier molecular flexibility index (Phi) is 4.39. The van der Waals surface area contributed by atoms with Gasteiger partial charge in [-0.3, -0.25) is 9.69 Å². The molecule has 0 radical (unpaired) electrons. The molecule has 1 atom stereocenters. The second-order valence-electron chi connectivity index (χ2n) is 6.59. The van der Waals surface area contributed by atoms with Crippen LogP contribution in [0.1, 0.15) is 22.1 Å². The number of halogens is 1. The number of nitrogens with one attached hydrogen (secondary N) is 1. The van der Waals surface area contributed by atoms with Crippen molar-refractivity contribution in [2.24, 2.45) is 0 Å². The van der Waals surface area contributed by atoms with Crippen molar-refractivity contribution in [2.75, 3.05) is 16.5 Å². The lowest BCUT2D eigenvalue weighted by Gasteiger charge is -2.38. The molecule has 1 aliphatic heterocycles. The van der Waals surface area contributed by atoms with E-state index in [4.69, 9.17) is 0 Å². The summed E-state index contributed by atoms with van der Waals surface area (Å²) in [4.78, 5) is 14.9. The quantitative estimate of drug-likeness (QED) is 0.727. The van der Waals surface area contributed by atoms with Gasteiger partial charge in [-0.1, -0.05) is 24.3 Å². The molecule has 28 heavy (non-hydrogen) atoms. The largest absolute Gasteiger partial charge is 0.360 e. The zero-order chi connectivity index (χ0) is 19.9. The Bertz CT molecular complexity index is 1160. The summed E-state index contributed by atoms with van der Waals surface area (Å²) in [6, 6.07) is 19.2. The number of anilines is 2. The molecule has 1 N–H and O–H groups in total. The van der Waals surface area contributed by atoms with Gasteiger partial charge in [0.05, 0.1) is 10.5 Å². The number of para-hydroxylation sites is 1. The van der Waals surface area contributed by atoms with E-state index in [0.29, 0.717) is 22.5 Å². The highest BCUT2D eigenvalue weighted by Crippen LogP contribution is 2.37. The Labute approximate surface area is 162 Å². The van der Waals surface area contributed by atoms with Crippen LogP contribution in [0.5, 0.6) is 0 Å². The molecule has 0 aromatic heterocycles. The molecule has 1 unspecified atom stereocenters. The lowest BCUT2D eigenvalue weighted by molar-refractivity contribution is 0.0975. The third kappa shape index (κ3) is 3.25. The summed E-state index contributed by atoms with van der Waals surface area (Å²) in [5.41, 5.74) is 2.23. The van der Waals surface area contributed by atoms with E-state index < -0.39 is 21.8 Å². The van der Waals surface area contributed by atoms with E-state index in [0.717, 1.165) is 6.26 Å². The Morgan fingerprint density at radius 3 is 2.36 bits per heavy atom. The number of hydrogen-bond donors (Lipinski definition) is 1. The average Bonchev–Trinajstić information content (AvgIpc) is 2.67. The number of nitrogens with zero attached hydrogens (tertiary/aromatic N) is 1. The lowest BCUT2D eigenvalue weighted by Crippen LogP contribution is -2.43. The van der Waals surface area contributed by atoms with Crippen LogP contribution in [0.4, 0.5) is 15.8 Å². The maximum Gasteiger partial charge on any atom is 0.262 e. The first-order valence-corrected chi connectivity index (χ1v) is 10.5. The predicted molar refractivity (Wildman–Crippen MR) is 106 cm³/mol. The highest BCUT2D eigenvalue weighted by atomic mass is 32.2. The van der Waals surface area contributed by atoms with Gasteiger partial charge in [0, 0.05) is 17.6 Å². The van der Waals surface area contributed by atoms with Crippen LogP contribution in [-0.4, -0.2) is 20.6 Å². The Morgan fingerprint density at radius 2 is 1.68 bits per heavy atom. The second kappa shape index (κ2) is 6.76. The number of sulfone groups is 1. The van der Waals surface area contributed by atoms with Crippen LogP contribution in [0, 0.1) is 5.82 Å². The van der Waals surface area contributed by atoms with Gasteiger partial charge in [-0.05, 0) is 54.1 Å². The molecule has 0 fully saturated rings. The van der Waals surface area contributed by atoms with Crippen LogP contribution in [-0.2, 0) is 9.84 Å². The molecule has 5 nitrogen and oxygen atoms in total. The fourth-order valence-corrected chi connectivity index (χ4v) is 3.91. The molecule has 0 bridgehead atoms. The summed E-state index contributed by atoms with van der Waals surface area (Å²) in [6.45, 7) is 0. The number of benzene rings is 3. The number of amides is 1. The maximum atomic E-state index is 13.8. The second-order valence-corrected chi connectivity index (χ2v) is 8.60. The minimum absolute atomic E-state index is 0.163. The van der Waals surface area contributed by atoms with E-state index in [2.05, 4.69) is 5.32 Å². The Morgan fingerprint density at radius 1 is 0.964 bits per heavy atom. The average molecular weight is 396 g/mol. The molecule has 0 spiro atoms. The number of rotatable bonds is 3. The zero-order valence-corrected chi connectivity index (χ0v) is 15.8. The van der Waals surface area contributed by atoms with Crippen LogP contribution in [0.25, 0.3) is 0 Å². The van der Waals surface area contributed by atoms with Crippen molar-refractivity contribution in [3.63, 3.8) is 0 Å². The third-order valence-electron chi connectivity index (χ3n) is 4.63. The molecule has 0 saturated carbocycles. The maximum absolute atomic E-state index is 13.8. The van der Waals surface area contributed by atoms with Crippen LogP contribution in [0.3, 0.4) is 0 Å². The van der Waals surface area contributed by atoms with E-state index in [1.165, 1.54) is 29.2 Å². The normalized spacial score (nSPS) is 16.4. The first kappa shape index (κ1) is 18.2. The first-order valence-electron chi connectivity index (χ1n) is 8.59. The minimum Gasteiger partial charge on any atom is -0.360 e. The molecular weight excluding hydrogens is 379 g/mol. The summed E-state index contributed by atoms with van der Waals surface area (Å²) in [5.74, 6) is -0.659. The summed E-state index contributed by atoms with van der Waals surface area (Å²) >= 11 is 0. The van der Waals surface area contributed by atoms with Crippen molar-refractivity contribution in [1.82, 2.24) is 0 Å². The van der Waals surface area contributed by atoms with Crippen LogP contribution in [0.15, 0.2) is 77.7 Å². The predicted octanol–water partition coefficient (Wildman–Crippen LogP) is 4.00. The van der Waals surface area contributed by atoms with Gasteiger partial charge in [-0.2, -0.15) is 0 Å². The van der Waals surface area contributed by atoms with E-state index in [9.17, 15) is 17.6 Å². The molecule has 3 aromatic rings. The van der Waals surface area contributed by atoms with Crippen LogP contribution >= 0.6 is 0 Å². The van der Waals surface area contributed by atoms with E-state index in [1.54, 1.807) is 42.5 Å². The molecule has 1 heterocycles. The van der Waals surface area contributed by atoms with E-state index in [-0.39, 0.29) is 10.8 Å². The summed E-state index contributed by atoms with van der Waals surface area (Å²) in [7, 11) is -3.35. The van der Waals surface area contributed by atoms with Gasteiger partial charge in [-0.15, -0.1) is 0 Å². The number of carbonyl (C=O) groups excluding carboxylic acids is 1. The van der Waals surface area contributed by atoms with Crippen LogP contribution < -0.4 is 10.2 Å². The van der Waals surface area contributed by atoms with Crippen molar-refractivity contribution >= 4 is 27.1 Å². The smallest absolute Gasteiger partial charge is 0.262 e. The van der Waals surface area contributed by atoms with E-state index >= 15 is 0 Å². The Balaban J connectivity index is 1.84. The third-order valence-corrected chi connectivity index (χ3v) is 5.76. The van der Waals surface area contributed by atoms with Gasteiger partial charge in [0.2, 0.25) is 0 Å². The lowest BCUT2D eigenvalue weighted by atomic mass is 10.0. The standard InChI is InChI=1S/C21H17FN2O3S/c1-28(26,27)17-11-9-16(10-12-17)24-20(14-5-4-6-15(22)13-14)23-19-8-3-2-7-18(19)21(24)25/h2-13,20,23H,1H3. The fraction of sp³-hybridized carbons (Fsp3) is 0.0952. The van der Waals surface area contributed by atoms with Gasteiger partial charge in [-0.25, -0.2) is 12.8 Å². The molecule has 0 aliphatic carbocycles. The highest BCUT2D eigenvalue weighted by Gasteiger charge is 2.34. The van der Waals surface area contributed by atoms with Crippen molar-refractivity contribution in [2.45, 2.75) is 11.1 Å². The number of hydrogen-bond acceptors (Lipinski definition) is 4. The van der Waals surface area contributed by atoms with E-state index in [1.807, 2.05) is 6.07 Å². The molecule has 1 aliphatic rings. The summed E-state index contributed by atoms with van der Waals surface area (Å²) < 4.78 is 37.3. The first-order chi connectivity index (χ1) is 13.3. The zero-order valence-electron chi connectivity index (χ0n) is 15.0. The number of fused-ring (bicyclic) bond motifs is 1. The van der Waals surface area contributed by atoms with Gasteiger partial charge in [0.1, 0.15) is 12.0 Å². The molecule has 0 saturated heterocycles. The van der Waals surface area contributed by atoms with Crippen LogP contribution in [0.2, 0.25) is 0 Å².